The van der Waals surface area contributed by atoms with E-state index in [4.69, 9.17) is 33.2 Å². The zero-order valence-electron chi connectivity index (χ0n) is 41.2. The zero-order valence-corrected chi connectivity index (χ0v) is 41.2. The van der Waals surface area contributed by atoms with Crippen LogP contribution in [0, 0.1) is 17.8 Å². The van der Waals surface area contributed by atoms with Gasteiger partial charge in [-0.3, -0.25) is 9.78 Å². The second-order valence-corrected chi connectivity index (χ2v) is 20.0. The fourth-order valence-electron chi connectivity index (χ4n) is 10.4. The third-order valence-corrected chi connectivity index (χ3v) is 14.6. The van der Waals surface area contributed by atoms with Crippen molar-refractivity contribution >= 4 is 16.9 Å². The molecule has 1 aromatic carbocycles. The Bertz CT molecular complexity index is 1820. The van der Waals surface area contributed by atoms with Gasteiger partial charge in [0, 0.05) is 37.4 Å². The number of hydrogen-bond acceptors (Lipinski definition) is 16. The molecule has 18 atom stereocenters. The average Bonchev–Trinajstić information content (AvgIpc) is 3.26. The van der Waals surface area contributed by atoms with Gasteiger partial charge in [-0.2, -0.15) is 0 Å². The molecule has 3 saturated heterocycles. The molecule has 1 aromatic heterocycles. The molecule has 7 N–H and O–H groups in total. The number of methoxy groups -OCH3 is 1. The fraction of sp³-hybridized carbons (Fsp3) is 0.796. The Balaban J connectivity index is 1.60. The number of benzene rings is 1. The molecular weight excluding hydrogens is 837 g/mol. The Labute approximate surface area is 387 Å². The van der Waals surface area contributed by atoms with Gasteiger partial charge in [-0.15, -0.1) is 0 Å². The summed E-state index contributed by atoms with van der Waals surface area (Å²) in [6, 6.07) is 8.87. The van der Waals surface area contributed by atoms with Crippen molar-refractivity contribution in [2.45, 2.75) is 198 Å². The number of nitrogens with one attached hydrogen (secondary N) is 3. The van der Waals surface area contributed by atoms with Crippen LogP contribution in [0.3, 0.4) is 0 Å². The summed E-state index contributed by atoms with van der Waals surface area (Å²) >= 11 is 0. The molecule has 0 spiro atoms. The highest BCUT2D eigenvalue weighted by atomic mass is 16.7. The first-order valence-electron chi connectivity index (χ1n) is 23.9. The third-order valence-electron chi connectivity index (χ3n) is 14.6. The lowest BCUT2D eigenvalue weighted by Gasteiger charge is -2.53. The van der Waals surface area contributed by atoms with Crippen molar-refractivity contribution in [3.05, 3.63) is 36.5 Å². The standard InChI is InChI=1S/C49H82N4O12/c1-14-20-51-27-49(58)33(8)61-39(24-47(49,10)59-13)64-40-30(5)43(46(9,56)23-28(3)25-52-32(7)42(54)48(11,57)38(15-2)63-44(55)31(40)6)65-45-41(37(50-12)21-29(4)60-45)62-35-22-34-18-16-17-19-36(34)53-26-35/h16-19,22,26,28-33,37-43,45,50-52,54,56-58H,14-15,20-21,23-25,27H2,1-13H3/t28-,29-,30+,31-,32-,33+,37+,38-,39+,40+,41-,42-,43-,45+,46-,47-,48-,49+/m1/s1. The maximum atomic E-state index is 14.6. The maximum Gasteiger partial charge on any atom is 0.311 e. The first kappa shape index (κ1) is 53.4. The SMILES string of the molecule is CCCNC[C@]1(O)[C@H](C)O[C@@H](O[C@H]2[C@H](C)[C@@H](O[C@@H]3O[C@H](C)C[C@H](NC)[C@H]3Oc3cnc4ccccc4c3)[C@](C)(O)C[C@@H](C)CN[C@H](C)[C@@H](O)[C@](C)(O)[C@@H](CC)OC(=O)[C@@H]2C)C[C@@]1(C)OC. The van der Waals surface area contributed by atoms with E-state index >= 15 is 0 Å². The highest BCUT2D eigenvalue weighted by Gasteiger charge is 2.58. The highest BCUT2D eigenvalue weighted by Crippen LogP contribution is 2.43. The van der Waals surface area contributed by atoms with Crippen molar-refractivity contribution in [2.75, 3.05) is 33.8 Å². The van der Waals surface area contributed by atoms with Gasteiger partial charge in [0.25, 0.3) is 0 Å². The minimum atomic E-state index is -1.83. The molecule has 0 bridgehead atoms. The number of cyclic esters (lactones) is 1. The third kappa shape index (κ3) is 12.0. The number of rotatable bonds is 13. The van der Waals surface area contributed by atoms with Crippen LogP contribution in [0.15, 0.2) is 36.5 Å². The van der Waals surface area contributed by atoms with Gasteiger partial charge in [-0.05, 0) is 112 Å². The number of hydrogen-bond donors (Lipinski definition) is 7. The van der Waals surface area contributed by atoms with Gasteiger partial charge in [0.1, 0.15) is 34.8 Å². The van der Waals surface area contributed by atoms with E-state index in [0.29, 0.717) is 25.3 Å². The van der Waals surface area contributed by atoms with Gasteiger partial charge in [0.05, 0.1) is 53.7 Å². The Morgan fingerprint density at radius 3 is 2.34 bits per heavy atom. The second-order valence-electron chi connectivity index (χ2n) is 20.0. The number of esters is 1. The normalized spacial score (nSPS) is 42.8. The van der Waals surface area contributed by atoms with E-state index in [9.17, 15) is 25.2 Å². The maximum absolute atomic E-state index is 14.6. The van der Waals surface area contributed by atoms with Crippen LogP contribution >= 0.6 is 0 Å². The smallest absolute Gasteiger partial charge is 0.311 e. The molecule has 2 aromatic rings. The number of aliphatic hydroxyl groups excluding tert-OH is 1. The number of ether oxygens (including phenoxy) is 7. The molecule has 5 rings (SSSR count). The summed E-state index contributed by atoms with van der Waals surface area (Å²) in [5, 5.41) is 59.4. The molecule has 16 nitrogen and oxygen atoms in total. The van der Waals surface area contributed by atoms with E-state index in [1.165, 1.54) is 6.92 Å². The number of fused-ring (bicyclic) bond motifs is 1. The van der Waals surface area contributed by atoms with E-state index in [-0.39, 0.29) is 43.9 Å². The molecule has 4 heterocycles. The lowest BCUT2D eigenvalue weighted by Crippen LogP contribution is -2.70. The number of aliphatic hydroxyl groups is 4. The van der Waals surface area contributed by atoms with Crippen LogP contribution in [-0.4, -0.2) is 155 Å². The molecular formula is C49H82N4O12. The first-order chi connectivity index (χ1) is 30.5. The lowest BCUT2D eigenvalue weighted by molar-refractivity contribution is -0.335. The molecule has 16 heteroatoms. The molecule has 3 aliphatic rings. The molecule has 0 saturated carbocycles. The lowest BCUT2D eigenvalue weighted by atomic mass is 9.75. The van der Waals surface area contributed by atoms with E-state index in [1.54, 1.807) is 47.9 Å². The van der Waals surface area contributed by atoms with E-state index in [1.807, 2.05) is 72.0 Å². The van der Waals surface area contributed by atoms with Crippen molar-refractivity contribution in [1.29, 1.82) is 0 Å². The van der Waals surface area contributed by atoms with Crippen LogP contribution < -0.4 is 20.7 Å². The number of nitrogens with zero attached hydrogens (tertiary/aromatic N) is 1. The Morgan fingerprint density at radius 1 is 0.969 bits per heavy atom. The summed E-state index contributed by atoms with van der Waals surface area (Å²) in [4.78, 5) is 19.2. The van der Waals surface area contributed by atoms with Gasteiger partial charge in [-0.25, -0.2) is 0 Å². The van der Waals surface area contributed by atoms with Crippen LogP contribution in [0.2, 0.25) is 0 Å². The summed E-state index contributed by atoms with van der Waals surface area (Å²) in [7, 11) is 3.41. The summed E-state index contributed by atoms with van der Waals surface area (Å²) < 4.78 is 46.2. The largest absolute Gasteiger partial charge is 0.482 e. The predicted molar refractivity (Wildman–Crippen MR) is 247 cm³/mol. The topological polar surface area (TPSA) is 212 Å². The number of aromatic nitrogens is 1. The summed E-state index contributed by atoms with van der Waals surface area (Å²) in [5.74, 6) is -2.17. The monoisotopic (exact) mass is 919 g/mol. The van der Waals surface area contributed by atoms with E-state index in [2.05, 4.69) is 20.9 Å². The number of pyridine rings is 1. The van der Waals surface area contributed by atoms with E-state index < -0.39 is 95.5 Å². The van der Waals surface area contributed by atoms with Crippen LogP contribution in [-0.2, 0) is 33.2 Å². The Morgan fingerprint density at radius 2 is 1.68 bits per heavy atom. The molecule has 0 aliphatic carbocycles. The highest BCUT2D eigenvalue weighted by molar-refractivity contribution is 5.79. The molecule has 3 fully saturated rings. The molecule has 370 valence electrons. The van der Waals surface area contributed by atoms with Crippen LogP contribution in [0.25, 0.3) is 10.9 Å². The van der Waals surface area contributed by atoms with E-state index in [0.717, 1.165) is 17.3 Å². The first-order valence-corrected chi connectivity index (χ1v) is 23.9. The van der Waals surface area contributed by atoms with Crippen molar-refractivity contribution in [3.8, 4) is 5.75 Å². The van der Waals surface area contributed by atoms with Crippen molar-refractivity contribution in [2.24, 2.45) is 17.8 Å². The minimum Gasteiger partial charge on any atom is -0.482 e. The van der Waals surface area contributed by atoms with Gasteiger partial charge < -0.3 is 69.5 Å². The summed E-state index contributed by atoms with van der Waals surface area (Å²) in [5.41, 5.74) is -5.19. The number of carbonyl (C=O) groups is 1. The fourth-order valence-corrected chi connectivity index (χ4v) is 10.4. The quantitative estimate of drug-likeness (QED) is 0.111. The zero-order chi connectivity index (χ0) is 48.1. The van der Waals surface area contributed by atoms with Crippen LogP contribution in [0.1, 0.15) is 108 Å². The van der Waals surface area contributed by atoms with Crippen molar-refractivity contribution in [3.63, 3.8) is 0 Å². The van der Waals surface area contributed by atoms with Gasteiger partial charge in [0.15, 0.2) is 18.7 Å². The summed E-state index contributed by atoms with van der Waals surface area (Å²) in [6.45, 7) is 21.2. The second kappa shape index (κ2) is 22.2. The molecule has 0 unspecified atom stereocenters. The van der Waals surface area contributed by atoms with Crippen LogP contribution in [0.5, 0.6) is 5.75 Å². The summed E-state index contributed by atoms with van der Waals surface area (Å²) in [6.07, 6.45) is -4.62. The van der Waals surface area contributed by atoms with Gasteiger partial charge in [0.2, 0.25) is 0 Å². The average molecular weight is 919 g/mol. The predicted octanol–water partition coefficient (Wildman–Crippen LogP) is 4.22. The van der Waals surface area contributed by atoms with Crippen LogP contribution in [0.4, 0.5) is 0 Å². The van der Waals surface area contributed by atoms with Gasteiger partial charge >= 0.3 is 5.97 Å². The molecule has 0 amide bonds. The Kier molecular flexibility index (Phi) is 18.3. The van der Waals surface area contributed by atoms with Crippen molar-refractivity contribution < 1.29 is 58.4 Å². The number of para-hydroxylation sites is 1. The number of carbonyl (C=O) groups excluding carboxylic acids is 1. The molecule has 3 aliphatic heterocycles. The molecule has 0 radical (unpaired) electrons. The van der Waals surface area contributed by atoms with Crippen molar-refractivity contribution in [1.82, 2.24) is 20.9 Å². The molecule has 65 heavy (non-hydrogen) atoms. The Hall–Kier alpha value is -2.58. The number of likely N-dealkylation sites (N-methyl/N-ethyl adjacent to an activating group) is 1. The minimum absolute atomic E-state index is 0.0902. The van der Waals surface area contributed by atoms with Gasteiger partial charge in [-0.1, -0.05) is 45.9 Å².